The standard InChI is InChI=1S/C13H18N2O3S2/c16-12(17)11(10-5-3-7-20-10)15-13(18)14-8-9-4-1-2-6-19-9/h3,5,7,9,11H,1-2,4,6,8H2,(H,16,17)(H2,14,15,18). The van der Waals surface area contributed by atoms with E-state index in [1.165, 1.54) is 24.2 Å². The average molecular weight is 314 g/mol. The topological polar surface area (TPSA) is 78.4 Å². The summed E-state index contributed by atoms with van der Waals surface area (Å²) >= 11 is 3.19. The number of hydrogen-bond acceptors (Lipinski definition) is 4. The second-order valence-electron chi connectivity index (χ2n) is 4.63. The van der Waals surface area contributed by atoms with Gasteiger partial charge in [0.1, 0.15) is 0 Å². The minimum absolute atomic E-state index is 0.419. The van der Waals surface area contributed by atoms with Gasteiger partial charge in [0.25, 0.3) is 0 Å². The fraction of sp³-hybridized carbons (Fsp3) is 0.538. The number of carbonyl (C=O) groups is 2. The van der Waals surface area contributed by atoms with E-state index < -0.39 is 18.0 Å². The number of amides is 2. The van der Waals surface area contributed by atoms with Crippen LogP contribution in [0.2, 0.25) is 0 Å². The molecule has 2 heterocycles. The van der Waals surface area contributed by atoms with E-state index in [0.717, 1.165) is 12.2 Å². The van der Waals surface area contributed by atoms with E-state index in [1.54, 1.807) is 17.5 Å². The Morgan fingerprint density at radius 2 is 2.30 bits per heavy atom. The molecule has 110 valence electrons. The van der Waals surface area contributed by atoms with Crippen LogP contribution < -0.4 is 10.6 Å². The Hall–Kier alpha value is -1.21. The first-order chi connectivity index (χ1) is 9.66. The van der Waals surface area contributed by atoms with E-state index in [-0.39, 0.29) is 0 Å². The number of nitrogens with one attached hydrogen (secondary N) is 2. The summed E-state index contributed by atoms with van der Waals surface area (Å²) in [7, 11) is 0. The first-order valence-electron chi connectivity index (χ1n) is 6.59. The molecular weight excluding hydrogens is 296 g/mol. The number of thioether (sulfide) groups is 1. The van der Waals surface area contributed by atoms with E-state index in [4.69, 9.17) is 0 Å². The van der Waals surface area contributed by atoms with Crippen LogP contribution in [-0.4, -0.2) is 34.7 Å². The third-order valence-corrected chi connectivity index (χ3v) is 5.45. The molecule has 0 bridgehead atoms. The number of aliphatic carboxylic acids is 1. The molecule has 2 amide bonds. The third-order valence-electron chi connectivity index (χ3n) is 3.11. The maximum Gasteiger partial charge on any atom is 0.331 e. The molecule has 3 N–H and O–H groups in total. The summed E-state index contributed by atoms with van der Waals surface area (Å²) in [5, 5.41) is 16.7. The molecule has 0 aliphatic carbocycles. The van der Waals surface area contributed by atoms with Gasteiger partial charge in [0.05, 0.1) is 0 Å². The average Bonchev–Trinajstić information content (AvgIpc) is 2.97. The molecule has 2 atom stereocenters. The van der Waals surface area contributed by atoms with Gasteiger partial charge in [0, 0.05) is 16.7 Å². The SMILES string of the molecule is O=C(NCC1CCCCS1)NC(C(=O)O)c1cccs1. The van der Waals surface area contributed by atoms with Crippen LogP contribution in [0, 0.1) is 0 Å². The lowest BCUT2D eigenvalue weighted by molar-refractivity contribution is -0.139. The molecule has 1 aromatic rings. The maximum absolute atomic E-state index is 11.8. The van der Waals surface area contributed by atoms with Gasteiger partial charge < -0.3 is 15.7 Å². The van der Waals surface area contributed by atoms with Gasteiger partial charge in [-0.25, -0.2) is 9.59 Å². The molecule has 1 aromatic heterocycles. The van der Waals surface area contributed by atoms with Crippen molar-refractivity contribution in [3.63, 3.8) is 0 Å². The van der Waals surface area contributed by atoms with Crippen molar-refractivity contribution in [1.82, 2.24) is 10.6 Å². The van der Waals surface area contributed by atoms with Crippen molar-refractivity contribution in [2.75, 3.05) is 12.3 Å². The summed E-state index contributed by atoms with van der Waals surface area (Å²) in [6.45, 7) is 0.591. The Balaban J connectivity index is 1.81. The van der Waals surface area contributed by atoms with Crippen molar-refractivity contribution in [3.8, 4) is 0 Å². The largest absolute Gasteiger partial charge is 0.479 e. The van der Waals surface area contributed by atoms with E-state index in [0.29, 0.717) is 16.7 Å². The number of carboxylic acid groups (broad SMARTS) is 1. The summed E-state index contributed by atoms with van der Waals surface area (Å²) in [6.07, 6.45) is 3.55. The lowest BCUT2D eigenvalue weighted by Crippen LogP contribution is -2.43. The van der Waals surface area contributed by atoms with Crippen molar-refractivity contribution < 1.29 is 14.7 Å². The van der Waals surface area contributed by atoms with Crippen LogP contribution in [0.15, 0.2) is 17.5 Å². The highest BCUT2D eigenvalue weighted by atomic mass is 32.2. The fourth-order valence-corrected chi connectivity index (χ4v) is 4.07. The Morgan fingerprint density at radius 1 is 1.45 bits per heavy atom. The normalized spacial score (nSPS) is 20.1. The molecular formula is C13H18N2O3S2. The Kier molecular flexibility index (Phi) is 5.72. The second kappa shape index (κ2) is 7.54. The molecule has 2 unspecified atom stereocenters. The predicted molar refractivity (Wildman–Crippen MR) is 81.3 cm³/mol. The van der Waals surface area contributed by atoms with Crippen molar-refractivity contribution in [1.29, 1.82) is 0 Å². The number of carboxylic acids is 1. The van der Waals surface area contributed by atoms with E-state index in [1.807, 2.05) is 11.8 Å². The zero-order valence-corrected chi connectivity index (χ0v) is 12.6. The number of urea groups is 1. The lowest BCUT2D eigenvalue weighted by Gasteiger charge is -2.22. The Labute approximate surface area is 126 Å². The molecule has 1 saturated heterocycles. The number of carbonyl (C=O) groups excluding carboxylic acids is 1. The molecule has 0 spiro atoms. The number of hydrogen-bond donors (Lipinski definition) is 3. The highest BCUT2D eigenvalue weighted by molar-refractivity contribution is 7.99. The molecule has 7 heteroatoms. The van der Waals surface area contributed by atoms with Crippen LogP contribution in [0.1, 0.15) is 30.2 Å². The second-order valence-corrected chi connectivity index (χ2v) is 7.02. The predicted octanol–water partition coefficient (Wildman–Crippen LogP) is 2.46. The summed E-state index contributed by atoms with van der Waals surface area (Å²) in [5.41, 5.74) is 0. The van der Waals surface area contributed by atoms with Gasteiger partial charge in [-0.3, -0.25) is 0 Å². The van der Waals surface area contributed by atoms with Crippen LogP contribution in [-0.2, 0) is 4.79 Å². The van der Waals surface area contributed by atoms with Gasteiger partial charge in [0.15, 0.2) is 6.04 Å². The summed E-state index contributed by atoms with van der Waals surface area (Å²) in [6, 6.07) is 2.08. The number of thiophene rings is 1. The van der Waals surface area contributed by atoms with Crippen molar-refractivity contribution in [2.24, 2.45) is 0 Å². The molecule has 0 saturated carbocycles. The van der Waals surface area contributed by atoms with Crippen LogP contribution in [0.4, 0.5) is 4.79 Å². The van der Waals surface area contributed by atoms with Crippen molar-refractivity contribution in [2.45, 2.75) is 30.6 Å². The molecule has 1 aliphatic rings. The summed E-state index contributed by atoms with van der Waals surface area (Å²) < 4.78 is 0. The molecule has 1 aliphatic heterocycles. The molecule has 1 fully saturated rings. The maximum atomic E-state index is 11.8. The minimum atomic E-state index is -1.05. The van der Waals surface area contributed by atoms with Crippen LogP contribution >= 0.6 is 23.1 Å². The summed E-state index contributed by atoms with van der Waals surface area (Å²) in [4.78, 5) is 23.6. The van der Waals surface area contributed by atoms with E-state index in [2.05, 4.69) is 10.6 Å². The van der Waals surface area contributed by atoms with Crippen LogP contribution in [0.25, 0.3) is 0 Å². The molecule has 5 nitrogen and oxygen atoms in total. The zero-order chi connectivity index (χ0) is 14.4. The summed E-state index contributed by atoms with van der Waals surface area (Å²) in [5.74, 6) is 0.0932. The van der Waals surface area contributed by atoms with E-state index >= 15 is 0 Å². The van der Waals surface area contributed by atoms with Gasteiger partial charge in [-0.15, -0.1) is 11.3 Å². The molecule has 20 heavy (non-hydrogen) atoms. The van der Waals surface area contributed by atoms with Gasteiger partial charge in [-0.1, -0.05) is 12.5 Å². The Morgan fingerprint density at radius 3 is 2.90 bits per heavy atom. The first-order valence-corrected chi connectivity index (χ1v) is 8.52. The van der Waals surface area contributed by atoms with E-state index in [9.17, 15) is 14.7 Å². The van der Waals surface area contributed by atoms with Crippen molar-refractivity contribution in [3.05, 3.63) is 22.4 Å². The molecule has 0 radical (unpaired) electrons. The molecule has 0 aromatic carbocycles. The minimum Gasteiger partial charge on any atom is -0.479 e. The van der Waals surface area contributed by atoms with Crippen molar-refractivity contribution >= 4 is 35.1 Å². The lowest BCUT2D eigenvalue weighted by atomic mass is 10.2. The van der Waals surface area contributed by atoms with Gasteiger partial charge >= 0.3 is 12.0 Å². The third kappa shape index (κ3) is 4.42. The Bertz CT molecular complexity index is 444. The zero-order valence-electron chi connectivity index (χ0n) is 11.0. The van der Waals surface area contributed by atoms with Crippen LogP contribution in [0.3, 0.4) is 0 Å². The van der Waals surface area contributed by atoms with Gasteiger partial charge in [-0.05, 0) is 30.0 Å². The monoisotopic (exact) mass is 314 g/mol. The highest BCUT2D eigenvalue weighted by Crippen LogP contribution is 2.24. The van der Waals surface area contributed by atoms with Crippen LogP contribution in [0.5, 0.6) is 0 Å². The quantitative estimate of drug-likeness (QED) is 0.780. The smallest absolute Gasteiger partial charge is 0.331 e. The highest BCUT2D eigenvalue weighted by Gasteiger charge is 2.23. The number of rotatable bonds is 5. The van der Waals surface area contributed by atoms with Gasteiger partial charge in [0.2, 0.25) is 0 Å². The first kappa shape index (κ1) is 15.2. The van der Waals surface area contributed by atoms with Gasteiger partial charge in [-0.2, -0.15) is 11.8 Å². The fourth-order valence-electron chi connectivity index (χ4n) is 2.07. The molecule has 2 rings (SSSR count).